The number of benzene rings is 1. The minimum Gasteiger partial charge on any atom is -0.348 e. The smallest absolute Gasteiger partial charge is 0.237 e. The van der Waals surface area contributed by atoms with Crippen LogP contribution in [0.5, 0.6) is 0 Å². The fourth-order valence-electron chi connectivity index (χ4n) is 1.28. The van der Waals surface area contributed by atoms with Crippen molar-refractivity contribution >= 4 is 5.91 Å². The van der Waals surface area contributed by atoms with Crippen LogP contribution in [0.3, 0.4) is 0 Å². The van der Waals surface area contributed by atoms with Gasteiger partial charge >= 0.3 is 0 Å². The zero-order valence-corrected chi connectivity index (χ0v) is 9.13. The van der Waals surface area contributed by atoms with Crippen LogP contribution >= 0.6 is 0 Å². The van der Waals surface area contributed by atoms with Gasteiger partial charge < -0.3 is 11.1 Å². The number of hydrogen-bond acceptors (Lipinski definition) is 2. The molecule has 88 valence electrons. The quantitative estimate of drug-likeness (QED) is 0.823. The Kier molecular flexibility index (Phi) is 3.95. The molecule has 1 unspecified atom stereocenters. The summed E-state index contributed by atoms with van der Waals surface area (Å²) in [5.74, 6) is -1.71. The van der Waals surface area contributed by atoms with E-state index in [1.54, 1.807) is 6.92 Å². The maximum atomic E-state index is 13.3. The molecule has 0 radical (unpaired) electrons. The van der Waals surface area contributed by atoms with Crippen molar-refractivity contribution in [1.82, 2.24) is 5.32 Å². The third-order valence-corrected chi connectivity index (χ3v) is 2.20. The van der Waals surface area contributed by atoms with E-state index < -0.39 is 23.7 Å². The van der Waals surface area contributed by atoms with Gasteiger partial charge in [0.25, 0.3) is 0 Å². The van der Waals surface area contributed by atoms with E-state index in [0.29, 0.717) is 0 Å². The van der Waals surface area contributed by atoms with Crippen LogP contribution in [-0.2, 0) is 4.79 Å². The summed E-state index contributed by atoms with van der Waals surface area (Å²) in [5.41, 5.74) is 5.59. The number of nitrogens with two attached hydrogens (primary N) is 1. The highest BCUT2D eigenvalue weighted by molar-refractivity contribution is 5.81. The van der Waals surface area contributed by atoms with Gasteiger partial charge in [0, 0.05) is 11.6 Å². The summed E-state index contributed by atoms with van der Waals surface area (Å²) in [6.07, 6.45) is 0. The second-order valence-corrected chi connectivity index (χ2v) is 3.68. The van der Waals surface area contributed by atoms with Crippen LogP contribution in [0.25, 0.3) is 0 Å². The van der Waals surface area contributed by atoms with Gasteiger partial charge in [-0.15, -0.1) is 0 Å². The number of nitrogens with one attached hydrogen (secondary N) is 1. The molecule has 16 heavy (non-hydrogen) atoms. The molecule has 1 aromatic carbocycles. The molecule has 0 saturated carbocycles. The number of amides is 1. The summed E-state index contributed by atoms with van der Waals surface area (Å²) in [7, 11) is 0. The molecule has 3 N–H and O–H groups in total. The van der Waals surface area contributed by atoms with Crippen molar-refractivity contribution in [1.29, 1.82) is 0 Å². The first-order chi connectivity index (χ1) is 7.41. The van der Waals surface area contributed by atoms with Crippen LogP contribution in [0.4, 0.5) is 8.78 Å². The van der Waals surface area contributed by atoms with Crippen LogP contribution in [-0.4, -0.2) is 11.9 Å². The molecular weight excluding hydrogens is 214 g/mol. The summed E-state index contributed by atoms with van der Waals surface area (Å²) in [5, 5.41) is 2.53. The molecule has 0 aliphatic rings. The molecule has 0 aliphatic heterocycles. The zero-order chi connectivity index (χ0) is 12.3. The van der Waals surface area contributed by atoms with Gasteiger partial charge in [0.1, 0.15) is 11.6 Å². The lowest BCUT2D eigenvalue weighted by atomic mass is 10.1. The zero-order valence-electron chi connectivity index (χ0n) is 9.13. The lowest BCUT2D eigenvalue weighted by Crippen LogP contribution is -2.39. The molecule has 3 nitrogen and oxygen atoms in total. The average Bonchev–Trinajstić information content (AvgIpc) is 2.16. The predicted octanol–water partition coefficient (Wildman–Crippen LogP) is 1.49. The second kappa shape index (κ2) is 5.03. The Labute approximate surface area is 92.6 Å². The number of rotatable bonds is 3. The number of hydrogen-bond donors (Lipinski definition) is 2. The lowest BCUT2D eigenvalue weighted by molar-refractivity contribution is -0.122. The lowest BCUT2D eigenvalue weighted by Gasteiger charge is -2.16. The Morgan fingerprint density at radius 2 is 2.00 bits per heavy atom. The second-order valence-electron chi connectivity index (χ2n) is 3.68. The van der Waals surface area contributed by atoms with Gasteiger partial charge in [-0.05, 0) is 19.9 Å². The molecule has 0 spiro atoms. The van der Waals surface area contributed by atoms with Crippen LogP contribution in [0.2, 0.25) is 0 Å². The van der Waals surface area contributed by atoms with Crippen molar-refractivity contribution < 1.29 is 13.6 Å². The van der Waals surface area contributed by atoms with Crippen molar-refractivity contribution in [2.24, 2.45) is 5.73 Å². The van der Waals surface area contributed by atoms with Gasteiger partial charge in [0.15, 0.2) is 0 Å². The third kappa shape index (κ3) is 3.00. The number of carbonyl (C=O) groups excluding carboxylic acids is 1. The molecule has 5 heteroatoms. The first kappa shape index (κ1) is 12.6. The standard InChI is InChI=1S/C11H14F2N2O/c1-6(14)11(16)15-7(2)9-4-3-8(12)5-10(9)13/h3-7H,14H2,1-2H3,(H,15,16)/t6-,7?/m0/s1. The number of halogens is 2. The van der Waals surface area contributed by atoms with Crippen LogP contribution in [0.15, 0.2) is 18.2 Å². The Balaban J connectivity index is 2.80. The van der Waals surface area contributed by atoms with Crippen molar-refractivity contribution in [2.75, 3.05) is 0 Å². The molecule has 0 saturated heterocycles. The maximum Gasteiger partial charge on any atom is 0.237 e. The summed E-state index contributed by atoms with van der Waals surface area (Å²) in [6.45, 7) is 3.14. The maximum absolute atomic E-state index is 13.3. The molecule has 0 fully saturated rings. The largest absolute Gasteiger partial charge is 0.348 e. The topological polar surface area (TPSA) is 55.1 Å². The molecule has 0 heterocycles. The Bertz CT molecular complexity index is 394. The van der Waals surface area contributed by atoms with Crippen molar-refractivity contribution in [3.05, 3.63) is 35.4 Å². The molecule has 0 aliphatic carbocycles. The van der Waals surface area contributed by atoms with Gasteiger partial charge in [0.2, 0.25) is 5.91 Å². The van der Waals surface area contributed by atoms with Crippen LogP contribution in [0.1, 0.15) is 25.5 Å². The highest BCUT2D eigenvalue weighted by Gasteiger charge is 2.15. The first-order valence-corrected chi connectivity index (χ1v) is 4.92. The highest BCUT2D eigenvalue weighted by Crippen LogP contribution is 2.17. The molecule has 2 atom stereocenters. The third-order valence-electron chi connectivity index (χ3n) is 2.20. The fraction of sp³-hybridized carbons (Fsp3) is 0.364. The van der Waals surface area contributed by atoms with E-state index in [0.717, 1.165) is 12.1 Å². The van der Waals surface area contributed by atoms with E-state index >= 15 is 0 Å². The predicted molar refractivity (Wildman–Crippen MR) is 56.6 cm³/mol. The Hall–Kier alpha value is -1.49. The van der Waals surface area contributed by atoms with E-state index in [1.165, 1.54) is 13.0 Å². The first-order valence-electron chi connectivity index (χ1n) is 4.92. The van der Waals surface area contributed by atoms with E-state index in [1.807, 2.05) is 0 Å². The highest BCUT2D eigenvalue weighted by atomic mass is 19.1. The van der Waals surface area contributed by atoms with E-state index in [4.69, 9.17) is 5.73 Å². The van der Waals surface area contributed by atoms with Gasteiger partial charge in [-0.1, -0.05) is 6.07 Å². The summed E-state index contributed by atoms with van der Waals surface area (Å²) in [6, 6.07) is 2.03. The molecule has 0 aromatic heterocycles. The van der Waals surface area contributed by atoms with Gasteiger partial charge in [-0.3, -0.25) is 4.79 Å². The molecule has 1 aromatic rings. The Morgan fingerprint density at radius 3 is 2.50 bits per heavy atom. The minimum atomic E-state index is -0.683. The van der Waals surface area contributed by atoms with E-state index in [9.17, 15) is 13.6 Å². The Morgan fingerprint density at radius 1 is 1.38 bits per heavy atom. The summed E-state index contributed by atoms with van der Waals surface area (Å²) < 4.78 is 26.0. The fourth-order valence-corrected chi connectivity index (χ4v) is 1.28. The minimum absolute atomic E-state index is 0.232. The van der Waals surface area contributed by atoms with E-state index in [-0.39, 0.29) is 11.5 Å². The average molecular weight is 228 g/mol. The SMILES string of the molecule is CC(NC(=O)[C@H](C)N)c1ccc(F)cc1F. The van der Waals surface area contributed by atoms with Gasteiger partial charge in [-0.25, -0.2) is 8.78 Å². The van der Waals surface area contributed by atoms with Crippen molar-refractivity contribution in [3.8, 4) is 0 Å². The monoisotopic (exact) mass is 228 g/mol. The van der Waals surface area contributed by atoms with Crippen LogP contribution in [0, 0.1) is 11.6 Å². The molecule has 1 amide bonds. The van der Waals surface area contributed by atoms with Crippen molar-refractivity contribution in [3.63, 3.8) is 0 Å². The van der Waals surface area contributed by atoms with E-state index in [2.05, 4.69) is 5.32 Å². The van der Waals surface area contributed by atoms with Crippen molar-refractivity contribution in [2.45, 2.75) is 25.9 Å². The van der Waals surface area contributed by atoms with Gasteiger partial charge in [-0.2, -0.15) is 0 Å². The van der Waals surface area contributed by atoms with Crippen LogP contribution < -0.4 is 11.1 Å². The summed E-state index contributed by atoms with van der Waals surface area (Å²) >= 11 is 0. The van der Waals surface area contributed by atoms with Gasteiger partial charge in [0.05, 0.1) is 12.1 Å². The summed E-state index contributed by atoms with van der Waals surface area (Å²) in [4.78, 5) is 11.3. The normalized spacial score (nSPS) is 14.3. The molecular formula is C11H14F2N2O. The molecule has 0 bridgehead atoms. The molecule has 1 rings (SSSR count). The number of carbonyl (C=O) groups is 1.